The Morgan fingerprint density at radius 1 is 1.24 bits per heavy atom. The van der Waals surface area contributed by atoms with Crippen molar-refractivity contribution in [1.29, 1.82) is 0 Å². The third-order valence-electron chi connectivity index (χ3n) is 2.44. The zero-order valence-corrected chi connectivity index (χ0v) is 9.81. The first kappa shape index (κ1) is 11.8. The maximum absolute atomic E-state index is 4.97. The van der Waals surface area contributed by atoms with E-state index in [2.05, 4.69) is 20.7 Å². The van der Waals surface area contributed by atoms with Gasteiger partial charge in [-0.15, -0.1) is 0 Å². The molecule has 0 aliphatic rings. The Labute approximate surface area is 100 Å². The van der Waals surface area contributed by atoms with Gasteiger partial charge < -0.3 is 10.1 Å². The van der Waals surface area contributed by atoms with Gasteiger partial charge in [0, 0.05) is 25.8 Å². The van der Waals surface area contributed by atoms with Gasteiger partial charge in [-0.25, -0.2) is 0 Å². The molecule has 0 unspecified atom stereocenters. The van der Waals surface area contributed by atoms with E-state index in [1.54, 1.807) is 7.11 Å². The van der Waals surface area contributed by atoms with Crippen molar-refractivity contribution >= 4 is 0 Å². The number of hydrogen-bond donors (Lipinski definition) is 2. The standard InChI is InChI=1S/C12H16N4O/c1-17-8-7-13-9-11-12(15-16-14-11)10-5-3-2-4-6-10/h2-6,13H,7-9H2,1H3,(H,14,15,16). The number of nitrogens with zero attached hydrogens (tertiary/aromatic N) is 2. The Morgan fingerprint density at radius 2 is 2.06 bits per heavy atom. The Morgan fingerprint density at radius 3 is 2.82 bits per heavy atom. The van der Waals surface area contributed by atoms with E-state index < -0.39 is 0 Å². The predicted octanol–water partition coefficient (Wildman–Crippen LogP) is 1.21. The van der Waals surface area contributed by atoms with Gasteiger partial charge in [0.15, 0.2) is 0 Å². The fourth-order valence-electron chi connectivity index (χ4n) is 1.58. The summed E-state index contributed by atoms with van der Waals surface area (Å²) in [6.45, 7) is 2.18. The van der Waals surface area contributed by atoms with E-state index in [0.717, 1.165) is 23.5 Å². The summed E-state index contributed by atoms with van der Waals surface area (Å²) in [4.78, 5) is 0. The summed E-state index contributed by atoms with van der Waals surface area (Å²) in [5.41, 5.74) is 2.90. The zero-order chi connectivity index (χ0) is 11.9. The second-order valence-electron chi connectivity index (χ2n) is 3.65. The molecule has 5 nitrogen and oxygen atoms in total. The van der Waals surface area contributed by atoms with E-state index in [0.29, 0.717) is 13.2 Å². The van der Waals surface area contributed by atoms with Crippen LogP contribution in [0.5, 0.6) is 0 Å². The molecule has 2 rings (SSSR count). The summed E-state index contributed by atoms with van der Waals surface area (Å²) in [5, 5.41) is 14.2. The van der Waals surface area contributed by atoms with Gasteiger partial charge in [-0.1, -0.05) is 30.3 Å². The van der Waals surface area contributed by atoms with Crippen LogP contribution >= 0.6 is 0 Å². The topological polar surface area (TPSA) is 62.8 Å². The normalized spacial score (nSPS) is 10.6. The van der Waals surface area contributed by atoms with E-state index in [4.69, 9.17) is 4.74 Å². The molecule has 0 aliphatic carbocycles. The number of benzene rings is 1. The zero-order valence-electron chi connectivity index (χ0n) is 9.81. The first-order valence-electron chi connectivity index (χ1n) is 5.56. The highest BCUT2D eigenvalue weighted by Gasteiger charge is 2.08. The maximum Gasteiger partial charge on any atom is 0.117 e. The molecule has 17 heavy (non-hydrogen) atoms. The van der Waals surface area contributed by atoms with Crippen LogP contribution in [0.1, 0.15) is 5.69 Å². The summed E-state index contributed by atoms with van der Waals surface area (Å²) in [6, 6.07) is 10.0. The summed E-state index contributed by atoms with van der Waals surface area (Å²) in [6.07, 6.45) is 0. The van der Waals surface area contributed by atoms with Crippen molar-refractivity contribution in [3.05, 3.63) is 36.0 Å². The lowest BCUT2D eigenvalue weighted by Gasteiger charge is -2.03. The molecule has 0 atom stereocenters. The van der Waals surface area contributed by atoms with Gasteiger partial charge in [-0.05, 0) is 0 Å². The summed E-state index contributed by atoms with van der Waals surface area (Å²) in [7, 11) is 1.69. The van der Waals surface area contributed by atoms with E-state index in [-0.39, 0.29) is 0 Å². The van der Waals surface area contributed by atoms with E-state index >= 15 is 0 Å². The summed E-state index contributed by atoms with van der Waals surface area (Å²) < 4.78 is 4.97. The fourth-order valence-corrected chi connectivity index (χ4v) is 1.58. The van der Waals surface area contributed by atoms with E-state index in [9.17, 15) is 0 Å². The molecule has 0 fully saturated rings. The van der Waals surface area contributed by atoms with Crippen molar-refractivity contribution in [3.63, 3.8) is 0 Å². The lowest BCUT2D eigenvalue weighted by molar-refractivity contribution is 0.199. The highest BCUT2D eigenvalue weighted by Crippen LogP contribution is 2.18. The van der Waals surface area contributed by atoms with Gasteiger partial charge in [0.2, 0.25) is 0 Å². The molecule has 0 bridgehead atoms. The number of ether oxygens (including phenoxy) is 1. The van der Waals surface area contributed by atoms with Gasteiger partial charge in [0.25, 0.3) is 0 Å². The third kappa shape index (κ3) is 3.12. The molecule has 1 aromatic heterocycles. The van der Waals surface area contributed by atoms with Gasteiger partial charge in [-0.3, -0.25) is 0 Å². The van der Waals surface area contributed by atoms with Crippen molar-refractivity contribution in [2.45, 2.75) is 6.54 Å². The van der Waals surface area contributed by atoms with Crippen LogP contribution in [0.4, 0.5) is 0 Å². The molecule has 90 valence electrons. The second kappa shape index (κ2) is 6.12. The molecule has 0 saturated carbocycles. The lowest BCUT2D eigenvalue weighted by Crippen LogP contribution is -2.19. The molecular formula is C12H16N4O. The van der Waals surface area contributed by atoms with Crippen molar-refractivity contribution in [2.24, 2.45) is 0 Å². The minimum Gasteiger partial charge on any atom is -0.383 e. The minimum absolute atomic E-state index is 0.685. The van der Waals surface area contributed by atoms with Crippen LogP contribution in [-0.2, 0) is 11.3 Å². The first-order chi connectivity index (χ1) is 8.42. The second-order valence-corrected chi connectivity index (χ2v) is 3.65. The monoisotopic (exact) mass is 232 g/mol. The highest BCUT2D eigenvalue weighted by molar-refractivity contribution is 5.60. The van der Waals surface area contributed by atoms with Crippen LogP contribution in [0.15, 0.2) is 30.3 Å². The van der Waals surface area contributed by atoms with Crippen LogP contribution < -0.4 is 5.32 Å². The molecule has 0 saturated heterocycles. The molecule has 0 amide bonds. The largest absolute Gasteiger partial charge is 0.383 e. The van der Waals surface area contributed by atoms with Crippen LogP contribution in [0.25, 0.3) is 11.3 Å². The SMILES string of the molecule is COCCNCc1n[nH]nc1-c1ccccc1. The number of methoxy groups -OCH3 is 1. The minimum atomic E-state index is 0.685. The Bertz CT molecular complexity index is 441. The molecule has 0 radical (unpaired) electrons. The summed E-state index contributed by atoms with van der Waals surface area (Å²) >= 11 is 0. The van der Waals surface area contributed by atoms with Gasteiger partial charge in [-0.2, -0.15) is 15.4 Å². The van der Waals surface area contributed by atoms with Crippen molar-refractivity contribution in [1.82, 2.24) is 20.7 Å². The van der Waals surface area contributed by atoms with Crippen LogP contribution in [0, 0.1) is 0 Å². The van der Waals surface area contributed by atoms with Gasteiger partial charge in [0.05, 0.1) is 6.61 Å². The molecule has 1 heterocycles. The van der Waals surface area contributed by atoms with Crippen LogP contribution in [0.3, 0.4) is 0 Å². The quantitative estimate of drug-likeness (QED) is 0.735. The van der Waals surface area contributed by atoms with Crippen molar-refractivity contribution < 1.29 is 4.74 Å². The average molecular weight is 232 g/mol. The predicted molar refractivity (Wildman–Crippen MR) is 65.4 cm³/mol. The molecule has 0 spiro atoms. The number of aromatic nitrogens is 3. The molecule has 1 aromatic carbocycles. The number of rotatable bonds is 6. The molecular weight excluding hydrogens is 216 g/mol. The third-order valence-corrected chi connectivity index (χ3v) is 2.44. The Kier molecular flexibility index (Phi) is 4.23. The van der Waals surface area contributed by atoms with Gasteiger partial charge >= 0.3 is 0 Å². The molecule has 2 N–H and O–H groups in total. The molecule has 0 aliphatic heterocycles. The van der Waals surface area contributed by atoms with Crippen molar-refractivity contribution in [3.8, 4) is 11.3 Å². The maximum atomic E-state index is 4.97. The average Bonchev–Trinajstić information content (AvgIpc) is 2.84. The number of aromatic amines is 1. The Hall–Kier alpha value is -1.72. The number of H-pyrrole nitrogens is 1. The van der Waals surface area contributed by atoms with Crippen molar-refractivity contribution in [2.75, 3.05) is 20.3 Å². The number of nitrogens with one attached hydrogen (secondary N) is 2. The van der Waals surface area contributed by atoms with E-state index in [1.165, 1.54) is 0 Å². The molecule has 2 aromatic rings. The van der Waals surface area contributed by atoms with Gasteiger partial charge in [0.1, 0.15) is 11.4 Å². The fraction of sp³-hybridized carbons (Fsp3) is 0.333. The summed E-state index contributed by atoms with van der Waals surface area (Å²) in [5.74, 6) is 0. The highest BCUT2D eigenvalue weighted by atomic mass is 16.5. The van der Waals surface area contributed by atoms with E-state index in [1.807, 2.05) is 30.3 Å². The lowest BCUT2D eigenvalue weighted by atomic mass is 10.1. The molecule has 5 heteroatoms. The first-order valence-corrected chi connectivity index (χ1v) is 5.56. The van der Waals surface area contributed by atoms with Crippen LogP contribution in [-0.4, -0.2) is 35.7 Å². The number of hydrogen-bond acceptors (Lipinski definition) is 4. The smallest absolute Gasteiger partial charge is 0.117 e. The Balaban J connectivity index is 2.02. The van der Waals surface area contributed by atoms with Crippen LogP contribution in [0.2, 0.25) is 0 Å².